The van der Waals surface area contributed by atoms with Gasteiger partial charge in [0.05, 0.1) is 10.8 Å². The van der Waals surface area contributed by atoms with E-state index in [1.54, 1.807) is 11.0 Å². The minimum atomic E-state index is -0.164. The molecular formula is C14H15N5OS2. The van der Waals surface area contributed by atoms with Gasteiger partial charge < -0.3 is 9.47 Å². The molecule has 0 saturated carbocycles. The summed E-state index contributed by atoms with van der Waals surface area (Å²) in [7, 11) is 0. The second-order valence-electron chi connectivity index (χ2n) is 4.91. The van der Waals surface area contributed by atoms with Gasteiger partial charge >= 0.3 is 0 Å². The Hall–Kier alpha value is -1.85. The average molecular weight is 333 g/mol. The molecule has 1 atom stereocenters. The summed E-state index contributed by atoms with van der Waals surface area (Å²) in [5, 5.41) is 20.6. The molecule has 0 N–H and O–H groups in total. The molecule has 8 heteroatoms. The number of amides is 1. The van der Waals surface area contributed by atoms with Crippen molar-refractivity contribution in [2.45, 2.75) is 37.2 Å². The zero-order chi connectivity index (χ0) is 15.7. The zero-order valence-electron chi connectivity index (χ0n) is 12.3. The summed E-state index contributed by atoms with van der Waals surface area (Å²) in [6.07, 6.45) is 0.752. The molecule has 3 heterocycles. The van der Waals surface area contributed by atoms with Gasteiger partial charge in [-0.05, 0) is 31.7 Å². The van der Waals surface area contributed by atoms with Crippen LogP contribution in [-0.4, -0.2) is 32.5 Å². The minimum absolute atomic E-state index is 0.0484. The van der Waals surface area contributed by atoms with Crippen LogP contribution in [0.25, 0.3) is 0 Å². The lowest BCUT2D eigenvalue weighted by Crippen LogP contribution is -2.28. The SMILES string of the molecule is CCn1c(C)nnc1S[C@H]1CCN(c2sccc2C#N)C1=O. The smallest absolute Gasteiger partial charge is 0.241 e. The van der Waals surface area contributed by atoms with Gasteiger partial charge in [0.1, 0.15) is 16.9 Å². The first-order valence-electron chi connectivity index (χ1n) is 7.01. The Morgan fingerprint density at radius 3 is 3.09 bits per heavy atom. The van der Waals surface area contributed by atoms with Crippen molar-refractivity contribution in [2.75, 3.05) is 11.4 Å². The van der Waals surface area contributed by atoms with Gasteiger partial charge in [0.2, 0.25) is 5.91 Å². The minimum Gasteiger partial charge on any atom is -0.307 e. The molecule has 1 aliphatic rings. The third-order valence-electron chi connectivity index (χ3n) is 3.63. The summed E-state index contributed by atoms with van der Waals surface area (Å²) in [6, 6.07) is 3.90. The number of hydrogen-bond donors (Lipinski definition) is 0. The van der Waals surface area contributed by atoms with Crippen molar-refractivity contribution in [3.8, 4) is 6.07 Å². The molecular weight excluding hydrogens is 318 g/mol. The Balaban J connectivity index is 1.78. The predicted molar refractivity (Wildman–Crippen MR) is 86.1 cm³/mol. The number of aromatic nitrogens is 3. The molecule has 114 valence electrons. The number of nitriles is 1. The highest BCUT2D eigenvalue weighted by Crippen LogP contribution is 2.36. The van der Waals surface area contributed by atoms with Crippen LogP contribution < -0.4 is 4.90 Å². The fourth-order valence-electron chi connectivity index (χ4n) is 2.50. The predicted octanol–water partition coefficient (Wildman–Crippen LogP) is 2.44. The monoisotopic (exact) mass is 333 g/mol. The summed E-state index contributed by atoms with van der Waals surface area (Å²) in [5.74, 6) is 0.907. The molecule has 0 unspecified atom stereocenters. The highest BCUT2D eigenvalue weighted by Gasteiger charge is 2.36. The van der Waals surface area contributed by atoms with E-state index in [1.807, 2.05) is 23.8 Å². The van der Waals surface area contributed by atoms with Crippen LogP contribution in [0.2, 0.25) is 0 Å². The van der Waals surface area contributed by atoms with Crippen LogP contribution in [0.3, 0.4) is 0 Å². The molecule has 3 rings (SSSR count). The van der Waals surface area contributed by atoms with Gasteiger partial charge in [0.25, 0.3) is 0 Å². The van der Waals surface area contributed by atoms with Crippen LogP contribution in [0.5, 0.6) is 0 Å². The molecule has 1 amide bonds. The van der Waals surface area contributed by atoms with Gasteiger partial charge in [-0.1, -0.05) is 11.8 Å². The molecule has 1 aliphatic heterocycles. The Morgan fingerprint density at radius 2 is 2.36 bits per heavy atom. The highest BCUT2D eigenvalue weighted by molar-refractivity contribution is 8.00. The third-order valence-corrected chi connectivity index (χ3v) is 5.80. The summed E-state index contributed by atoms with van der Waals surface area (Å²) < 4.78 is 2.01. The van der Waals surface area contributed by atoms with Crippen LogP contribution in [-0.2, 0) is 11.3 Å². The van der Waals surface area contributed by atoms with Gasteiger partial charge in [-0.3, -0.25) is 4.79 Å². The number of carbonyl (C=O) groups is 1. The first-order valence-corrected chi connectivity index (χ1v) is 8.77. The molecule has 0 aliphatic carbocycles. The van der Waals surface area contributed by atoms with E-state index in [0.717, 1.165) is 28.9 Å². The number of carbonyl (C=O) groups excluding carboxylic acids is 1. The number of anilines is 1. The first kappa shape index (κ1) is 15.1. The van der Waals surface area contributed by atoms with E-state index < -0.39 is 0 Å². The zero-order valence-corrected chi connectivity index (χ0v) is 13.9. The Labute approximate surface area is 136 Å². The van der Waals surface area contributed by atoms with Crippen molar-refractivity contribution in [1.82, 2.24) is 14.8 Å². The third kappa shape index (κ3) is 2.51. The van der Waals surface area contributed by atoms with Crippen LogP contribution >= 0.6 is 23.1 Å². The molecule has 22 heavy (non-hydrogen) atoms. The quantitative estimate of drug-likeness (QED) is 0.859. The highest BCUT2D eigenvalue weighted by atomic mass is 32.2. The lowest BCUT2D eigenvalue weighted by Gasteiger charge is -2.15. The summed E-state index contributed by atoms with van der Waals surface area (Å²) >= 11 is 2.90. The topological polar surface area (TPSA) is 74.8 Å². The molecule has 0 aromatic carbocycles. The van der Waals surface area contributed by atoms with E-state index in [0.29, 0.717) is 12.1 Å². The van der Waals surface area contributed by atoms with Crippen molar-refractivity contribution in [2.24, 2.45) is 0 Å². The van der Waals surface area contributed by atoms with Gasteiger partial charge in [-0.2, -0.15) is 5.26 Å². The average Bonchev–Trinajstić information content (AvgIpc) is 3.20. The number of thioether (sulfide) groups is 1. The maximum atomic E-state index is 12.6. The van der Waals surface area contributed by atoms with Crippen LogP contribution in [0.1, 0.15) is 24.7 Å². The van der Waals surface area contributed by atoms with Crippen molar-refractivity contribution in [1.29, 1.82) is 5.26 Å². The number of thiophene rings is 1. The normalized spacial score (nSPS) is 18.0. The first-order chi connectivity index (χ1) is 10.7. The molecule has 1 fully saturated rings. The lowest BCUT2D eigenvalue weighted by atomic mass is 10.3. The summed E-state index contributed by atoms with van der Waals surface area (Å²) in [6.45, 7) is 5.38. The van der Waals surface area contributed by atoms with Crippen molar-refractivity contribution < 1.29 is 4.79 Å². The fraction of sp³-hybridized carbons (Fsp3) is 0.429. The molecule has 0 spiro atoms. The molecule has 1 saturated heterocycles. The number of hydrogen-bond acceptors (Lipinski definition) is 6. The van der Waals surface area contributed by atoms with Gasteiger partial charge in [-0.25, -0.2) is 0 Å². The van der Waals surface area contributed by atoms with E-state index in [9.17, 15) is 4.79 Å². The van der Waals surface area contributed by atoms with Crippen molar-refractivity contribution >= 4 is 34.0 Å². The second kappa shape index (κ2) is 6.10. The van der Waals surface area contributed by atoms with Crippen LogP contribution in [0.15, 0.2) is 16.6 Å². The van der Waals surface area contributed by atoms with E-state index in [2.05, 4.69) is 16.3 Å². The molecule has 2 aromatic rings. The maximum absolute atomic E-state index is 12.6. The second-order valence-corrected chi connectivity index (χ2v) is 6.97. The van der Waals surface area contributed by atoms with Crippen LogP contribution in [0, 0.1) is 18.3 Å². The summed E-state index contributed by atoms with van der Waals surface area (Å²) in [5.41, 5.74) is 0.566. The fourth-order valence-corrected chi connectivity index (χ4v) is 4.56. The number of aryl methyl sites for hydroxylation is 1. The van der Waals surface area contributed by atoms with Gasteiger partial charge in [0.15, 0.2) is 5.16 Å². The molecule has 6 nitrogen and oxygen atoms in total. The van der Waals surface area contributed by atoms with E-state index >= 15 is 0 Å². The van der Waals surface area contributed by atoms with Crippen molar-refractivity contribution in [3.05, 3.63) is 22.8 Å². The van der Waals surface area contributed by atoms with E-state index in [4.69, 9.17) is 5.26 Å². The van der Waals surface area contributed by atoms with E-state index in [1.165, 1.54) is 23.1 Å². The number of rotatable bonds is 4. The standard InChI is InChI=1S/C14H15N5OS2/c1-3-18-9(2)16-17-14(18)22-11-4-6-19(12(11)20)13-10(8-15)5-7-21-13/h5,7,11H,3-4,6H2,1-2H3/t11-/m0/s1. The van der Waals surface area contributed by atoms with Crippen LogP contribution in [0.4, 0.5) is 5.00 Å². The Morgan fingerprint density at radius 1 is 1.55 bits per heavy atom. The Kier molecular flexibility index (Phi) is 4.18. The lowest BCUT2D eigenvalue weighted by molar-refractivity contribution is -0.116. The largest absolute Gasteiger partial charge is 0.307 e. The van der Waals surface area contributed by atoms with Crippen molar-refractivity contribution in [3.63, 3.8) is 0 Å². The summed E-state index contributed by atoms with van der Waals surface area (Å²) in [4.78, 5) is 14.4. The maximum Gasteiger partial charge on any atom is 0.241 e. The molecule has 0 radical (unpaired) electrons. The Bertz CT molecular complexity index is 745. The van der Waals surface area contributed by atoms with E-state index in [-0.39, 0.29) is 11.2 Å². The molecule has 2 aromatic heterocycles. The number of nitrogens with zero attached hydrogens (tertiary/aromatic N) is 5. The van der Waals surface area contributed by atoms with Gasteiger partial charge in [-0.15, -0.1) is 21.5 Å². The van der Waals surface area contributed by atoms with Gasteiger partial charge in [0, 0.05) is 13.1 Å². The molecule has 0 bridgehead atoms.